The van der Waals surface area contributed by atoms with Gasteiger partial charge in [0.2, 0.25) is 11.9 Å². The van der Waals surface area contributed by atoms with Gasteiger partial charge in [-0.15, -0.1) is 0 Å². The maximum atomic E-state index is 12.5. The largest absolute Gasteiger partial charge is 0.480 e. The highest BCUT2D eigenvalue weighted by atomic mass is 16.4. The molecule has 1 aliphatic heterocycles. The van der Waals surface area contributed by atoms with Gasteiger partial charge in [-0.2, -0.15) is 0 Å². The van der Waals surface area contributed by atoms with Gasteiger partial charge in [-0.25, -0.2) is 14.8 Å². The number of aliphatic carboxylic acids is 1. The highest BCUT2D eigenvalue weighted by Crippen LogP contribution is 2.33. The Morgan fingerprint density at radius 3 is 2.57 bits per heavy atom. The van der Waals surface area contributed by atoms with E-state index in [4.69, 9.17) is 0 Å². The van der Waals surface area contributed by atoms with Gasteiger partial charge in [0, 0.05) is 18.9 Å². The molecule has 3 rings (SSSR count). The average molecular weight is 290 g/mol. The number of nitrogens with zero attached hydrogens (tertiary/aromatic N) is 3. The highest BCUT2D eigenvalue weighted by molar-refractivity contribution is 5.92. The van der Waals surface area contributed by atoms with E-state index in [0.29, 0.717) is 31.8 Å². The average Bonchev–Trinajstić information content (AvgIpc) is 2.92. The van der Waals surface area contributed by atoms with E-state index in [9.17, 15) is 14.7 Å². The second kappa shape index (κ2) is 5.31. The Hall–Kier alpha value is -2.18. The van der Waals surface area contributed by atoms with E-state index in [0.717, 1.165) is 12.8 Å². The van der Waals surface area contributed by atoms with Crippen molar-refractivity contribution in [2.24, 2.45) is 0 Å². The van der Waals surface area contributed by atoms with Crippen molar-refractivity contribution in [1.29, 1.82) is 0 Å². The minimum absolute atomic E-state index is 0.234. The number of nitrogens with one attached hydrogen (secondary N) is 1. The van der Waals surface area contributed by atoms with Crippen molar-refractivity contribution in [3.63, 3.8) is 0 Å². The summed E-state index contributed by atoms with van der Waals surface area (Å²) in [5.41, 5.74) is -1.07. The fourth-order valence-electron chi connectivity index (χ4n) is 2.96. The Morgan fingerprint density at radius 2 is 2.00 bits per heavy atom. The summed E-state index contributed by atoms with van der Waals surface area (Å²) in [6, 6.07) is 1.34. The van der Waals surface area contributed by atoms with Crippen molar-refractivity contribution in [2.45, 2.75) is 43.7 Å². The van der Waals surface area contributed by atoms with Gasteiger partial charge < -0.3 is 15.3 Å². The van der Waals surface area contributed by atoms with Crippen molar-refractivity contribution in [3.05, 3.63) is 18.5 Å². The monoisotopic (exact) mass is 290 g/mol. The first-order valence-electron chi connectivity index (χ1n) is 7.21. The molecule has 1 atom stereocenters. The van der Waals surface area contributed by atoms with Gasteiger partial charge in [-0.05, 0) is 38.2 Å². The van der Waals surface area contributed by atoms with Crippen LogP contribution >= 0.6 is 0 Å². The number of carbonyl (C=O) groups is 2. The second-order valence-corrected chi connectivity index (χ2v) is 5.63. The summed E-state index contributed by atoms with van der Waals surface area (Å²) in [5.74, 6) is -0.655. The molecule has 1 aromatic rings. The van der Waals surface area contributed by atoms with Crippen molar-refractivity contribution in [2.75, 3.05) is 11.4 Å². The van der Waals surface area contributed by atoms with E-state index >= 15 is 0 Å². The molecule has 2 heterocycles. The zero-order valence-electron chi connectivity index (χ0n) is 11.7. The maximum absolute atomic E-state index is 12.5. The molecule has 2 fully saturated rings. The van der Waals surface area contributed by atoms with Gasteiger partial charge in [0.25, 0.3) is 0 Å². The van der Waals surface area contributed by atoms with Crippen LogP contribution in [0.5, 0.6) is 0 Å². The quantitative estimate of drug-likeness (QED) is 0.841. The van der Waals surface area contributed by atoms with E-state index < -0.39 is 11.5 Å². The minimum atomic E-state index is -1.07. The normalized spacial score (nSPS) is 23.4. The summed E-state index contributed by atoms with van der Waals surface area (Å²) in [4.78, 5) is 34.0. The minimum Gasteiger partial charge on any atom is -0.480 e. The van der Waals surface area contributed by atoms with E-state index in [2.05, 4.69) is 15.3 Å². The first kappa shape index (κ1) is 13.8. The van der Waals surface area contributed by atoms with Gasteiger partial charge in [0.05, 0.1) is 0 Å². The molecule has 0 spiro atoms. The number of carboxylic acids is 1. The van der Waals surface area contributed by atoms with Crippen LogP contribution in [0.1, 0.15) is 32.1 Å². The summed E-state index contributed by atoms with van der Waals surface area (Å²) < 4.78 is 0. The molecule has 7 heteroatoms. The van der Waals surface area contributed by atoms with Crippen LogP contribution in [0.3, 0.4) is 0 Å². The van der Waals surface area contributed by atoms with E-state index in [1.807, 2.05) is 4.90 Å². The molecule has 1 unspecified atom stereocenters. The molecule has 1 saturated carbocycles. The lowest BCUT2D eigenvalue weighted by Crippen LogP contribution is -2.62. The number of carboxylic acid groups (broad SMARTS) is 1. The van der Waals surface area contributed by atoms with Crippen LogP contribution in [0, 0.1) is 0 Å². The number of aromatic nitrogens is 2. The van der Waals surface area contributed by atoms with Crippen LogP contribution in [-0.2, 0) is 9.59 Å². The molecule has 2 aliphatic rings. The standard InChI is InChI=1S/C14H18N4O3/c19-11(17-14(12(20)21)5-2-6-14)10-4-1-9-18(10)13-15-7-3-8-16-13/h3,7-8,10H,1-2,4-6,9H2,(H,17,19)(H,20,21). The number of carbonyl (C=O) groups excluding carboxylic acids is 1. The Labute approximate surface area is 122 Å². The predicted molar refractivity (Wildman–Crippen MR) is 74.8 cm³/mol. The second-order valence-electron chi connectivity index (χ2n) is 5.63. The Balaban J connectivity index is 1.73. The molecule has 1 aromatic heterocycles. The molecule has 112 valence electrons. The molecule has 0 aromatic carbocycles. The van der Waals surface area contributed by atoms with Crippen molar-refractivity contribution in [3.8, 4) is 0 Å². The Morgan fingerprint density at radius 1 is 1.29 bits per heavy atom. The molecule has 0 radical (unpaired) electrons. The highest BCUT2D eigenvalue weighted by Gasteiger charge is 2.47. The van der Waals surface area contributed by atoms with E-state index in [1.165, 1.54) is 0 Å². The number of hydrogen-bond donors (Lipinski definition) is 2. The first-order valence-corrected chi connectivity index (χ1v) is 7.21. The van der Waals surface area contributed by atoms with Gasteiger partial charge in [-0.3, -0.25) is 4.79 Å². The third-order valence-electron chi connectivity index (χ3n) is 4.34. The topological polar surface area (TPSA) is 95.4 Å². The number of anilines is 1. The van der Waals surface area contributed by atoms with E-state index in [1.54, 1.807) is 18.5 Å². The summed E-state index contributed by atoms with van der Waals surface area (Å²) in [7, 11) is 0. The number of rotatable bonds is 4. The van der Waals surface area contributed by atoms with Crippen LogP contribution < -0.4 is 10.2 Å². The summed E-state index contributed by atoms with van der Waals surface area (Å²) in [6.45, 7) is 0.710. The molecule has 0 bridgehead atoms. The zero-order valence-corrected chi connectivity index (χ0v) is 11.7. The Kier molecular flexibility index (Phi) is 3.48. The smallest absolute Gasteiger partial charge is 0.329 e. The molecule has 1 aliphatic carbocycles. The number of hydrogen-bond acceptors (Lipinski definition) is 5. The molecule has 7 nitrogen and oxygen atoms in total. The van der Waals surface area contributed by atoms with Crippen molar-refractivity contribution >= 4 is 17.8 Å². The first-order chi connectivity index (χ1) is 10.1. The zero-order chi connectivity index (χ0) is 14.9. The summed E-state index contributed by atoms with van der Waals surface area (Å²) in [5, 5.41) is 12.0. The third-order valence-corrected chi connectivity index (χ3v) is 4.34. The van der Waals surface area contributed by atoms with Gasteiger partial charge in [0.15, 0.2) is 0 Å². The number of amides is 1. The van der Waals surface area contributed by atoms with Gasteiger partial charge in [0.1, 0.15) is 11.6 Å². The molecular weight excluding hydrogens is 272 g/mol. The predicted octanol–water partition coefficient (Wildman–Crippen LogP) is 0.569. The maximum Gasteiger partial charge on any atom is 0.329 e. The molecule has 1 amide bonds. The molecule has 21 heavy (non-hydrogen) atoms. The van der Waals surface area contributed by atoms with Crippen molar-refractivity contribution in [1.82, 2.24) is 15.3 Å². The van der Waals surface area contributed by atoms with Crippen LogP contribution in [0.25, 0.3) is 0 Å². The lowest BCUT2D eigenvalue weighted by atomic mass is 9.76. The van der Waals surface area contributed by atoms with Crippen LogP contribution in [0.4, 0.5) is 5.95 Å². The summed E-state index contributed by atoms with van der Waals surface area (Å²) >= 11 is 0. The van der Waals surface area contributed by atoms with Gasteiger partial charge >= 0.3 is 5.97 Å². The fraction of sp³-hybridized carbons (Fsp3) is 0.571. The van der Waals surface area contributed by atoms with E-state index in [-0.39, 0.29) is 11.9 Å². The molecule has 1 saturated heterocycles. The Bertz CT molecular complexity index is 544. The van der Waals surface area contributed by atoms with Crippen LogP contribution in [0.2, 0.25) is 0 Å². The fourth-order valence-corrected chi connectivity index (χ4v) is 2.96. The molecule has 2 N–H and O–H groups in total. The van der Waals surface area contributed by atoms with Gasteiger partial charge in [-0.1, -0.05) is 0 Å². The lowest BCUT2D eigenvalue weighted by Gasteiger charge is -2.39. The van der Waals surface area contributed by atoms with Crippen LogP contribution in [-0.4, -0.2) is 45.1 Å². The lowest BCUT2D eigenvalue weighted by molar-refractivity contribution is -0.152. The van der Waals surface area contributed by atoms with Crippen LogP contribution in [0.15, 0.2) is 18.5 Å². The van der Waals surface area contributed by atoms with Crippen molar-refractivity contribution < 1.29 is 14.7 Å². The molecular formula is C14H18N4O3. The SMILES string of the molecule is O=C(NC1(C(=O)O)CCC1)C1CCCN1c1ncccn1. The summed E-state index contributed by atoms with van der Waals surface area (Å²) in [6.07, 6.45) is 6.69. The third kappa shape index (κ3) is 2.43.